The average Bonchev–Trinajstić information content (AvgIpc) is 2.27. The summed E-state index contributed by atoms with van der Waals surface area (Å²) < 4.78 is 0. The van der Waals surface area contributed by atoms with Crippen molar-refractivity contribution in [1.29, 1.82) is 0 Å². The minimum atomic E-state index is 0.322. The van der Waals surface area contributed by atoms with E-state index in [1.165, 1.54) is 32.5 Å². The van der Waals surface area contributed by atoms with E-state index < -0.39 is 0 Å². The zero-order valence-electron chi connectivity index (χ0n) is 13.3. The lowest BCUT2D eigenvalue weighted by Crippen LogP contribution is -2.59. The van der Waals surface area contributed by atoms with E-state index in [0.29, 0.717) is 17.6 Å². The number of hydrogen-bond donors (Lipinski definition) is 1. The number of rotatable bonds is 6. The molecule has 108 valence electrons. The second-order valence-electron chi connectivity index (χ2n) is 6.80. The molecule has 0 bridgehead atoms. The van der Waals surface area contributed by atoms with Gasteiger partial charge < -0.3 is 5.32 Å². The summed E-state index contributed by atoms with van der Waals surface area (Å²) in [5, 5.41) is 3.50. The van der Waals surface area contributed by atoms with Gasteiger partial charge in [0.1, 0.15) is 0 Å². The van der Waals surface area contributed by atoms with Crippen molar-refractivity contribution < 1.29 is 0 Å². The molecule has 0 aromatic heterocycles. The largest absolute Gasteiger partial charge is 0.315 e. The van der Waals surface area contributed by atoms with Crippen LogP contribution in [0.3, 0.4) is 0 Å². The number of likely N-dealkylation sites (N-methyl/N-ethyl adjacent to an activating group) is 1. The highest BCUT2D eigenvalue weighted by molar-refractivity contribution is 4.89. The van der Waals surface area contributed by atoms with Crippen LogP contribution in [-0.2, 0) is 0 Å². The van der Waals surface area contributed by atoms with Crippen molar-refractivity contribution >= 4 is 0 Å². The Morgan fingerprint density at radius 3 is 2.39 bits per heavy atom. The molecule has 0 radical (unpaired) electrons. The third-order valence-electron chi connectivity index (χ3n) is 4.32. The molecule has 1 aliphatic rings. The van der Waals surface area contributed by atoms with E-state index in [-0.39, 0.29) is 0 Å². The van der Waals surface area contributed by atoms with Crippen LogP contribution in [0.2, 0.25) is 0 Å². The lowest BCUT2D eigenvalue weighted by Gasteiger charge is -2.47. The predicted octanol–water partition coefficient (Wildman–Crippen LogP) is 2.18. The van der Waals surface area contributed by atoms with Crippen LogP contribution in [0.25, 0.3) is 0 Å². The molecule has 1 atom stereocenters. The maximum atomic E-state index is 3.50. The predicted molar refractivity (Wildman–Crippen MR) is 80.1 cm³/mol. The van der Waals surface area contributed by atoms with Crippen LogP contribution >= 0.6 is 0 Å². The van der Waals surface area contributed by atoms with Gasteiger partial charge in [-0.2, -0.15) is 0 Å². The monoisotopic (exact) mass is 255 g/mol. The molecule has 0 aromatic rings. The summed E-state index contributed by atoms with van der Waals surface area (Å²) in [7, 11) is 2.24. The van der Waals surface area contributed by atoms with E-state index in [2.05, 4.69) is 56.8 Å². The van der Waals surface area contributed by atoms with Crippen molar-refractivity contribution in [2.75, 3.05) is 33.2 Å². The number of nitrogens with one attached hydrogen (secondary N) is 1. The number of hydrogen-bond acceptors (Lipinski definition) is 3. The molecule has 1 N–H and O–H groups in total. The molecule has 0 saturated carbocycles. The summed E-state index contributed by atoms with van der Waals surface area (Å²) >= 11 is 0. The molecule has 18 heavy (non-hydrogen) atoms. The zero-order valence-corrected chi connectivity index (χ0v) is 13.3. The molecular formula is C15H33N3. The van der Waals surface area contributed by atoms with Crippen molar-refractivity contribution in [2.24, 2.45) is 0 Å². The normalized spacial score (nSPS) is 23.5. The van der Waals surface area contributed by atoms with Crippen molar-refractivity contribution in [3.05, 3.63) is 0 Å². The smallest absolute Gasteiger partial charge is 0.0277 e. The molecule has 3 heteroatoms. The van der Waals surface area contributed by atoms with Gasteiger partial charge >= 0.3 is 0 Å². The van der Waals surface area contributed by atoms with Crippen LogP contribution in [0.5, 0.6) is 0 Å². The molecule has 3 nitrogen and oxygen atoms in total. The van der Waals surface area contributed by atoms with E-state index >= 15 is 0 Å². The highest BCUT2D eigenvalue weighted by atomic mass is 15.3. The van der Waals surface area contributed by atoms with Gasteiger partial charge in [-0.3, -0.25) is 9.80 Å². The van der Waals surface area contributed by atoms with Gasteiger partial charge in [0.15, 0.2) is 0 Å². The Balaban J connectivity index is 2.27. The van der Waals surface area contributed by atoms with Gasteiger partial charge in [-0.15, -0.1) is 0 Å². The SMILES string of the molecule is CC(C)NCCCC(C)N1CCN(C)C(C)(C)C1. The first-order valence-corrected chi connectivity index (χ1v) is 7.51. The second-order valence-corrected chi connectivity index (χ2v) is 6.80. The van der Waals surface area contributed by atoms with Gasteiger partial charge in [0.05, 0.1) is 0 Å². The third kappa shape index (κ3) is 4.87. The maximum absolute atomic E-state index is 3.50. The highest BCUT2D eigenvalue weighted by Gasteiger charge is 2.32. The van der Waals surface area contributed by atoms with Crippen molar-refractivity contribution in [1.82, 2.24) is 15.1 Å². The van der Waals surface area contributed by atoms with Gasteiger partial charge in [-0.1, -0.05) is 13.8 Å². The quantitative estimate of drug-likeness (QED) is 0.734. The van der Waals surface area contributed by atoms with Crippen LogP contribution in [-0.4, -0.2) is 60.6 Å². The fraction of sp³-hybridized carbons (Fsp3) is 1.00. The van der Waals surface area contributed by atoms with E-state index in [1.807, 2.05) is 0 Å². The highest BCUT2D eigenvalue weighted by Crippen LogP contribution is 2.21. The fourth-order valence-electron chi connectivity index (χ4n) is 2.62. The molecule has 1 rings (SSSR count). The third-order valence-corrected chi connectivity index (χ3v) is 4.32. The average molecular weight is 255 g/mol. The summed E-state index contributed by atoms with van der Waals surface area (Å²) in [6.45, 7) is 16.3. The van der Waals surface area contributed by atoms with Gasteiger partial charge in [0, 0.05) is 37.3 Å². The van der Waals surface area contributed by atoms with Crippen LogP contribution < -0.4 is 5.32 Å². The van der Waals surface area contributed by atoms with Gasteiger partial charge in [0.2, 0.25) is 0 Å². The summed E-state index contributed by atoms with van der Waals surface area (Å²) in [5.41, 5.74) is 0.322. The fourth-order valence-corrected chi connectivity index (χ4v) is 2.62. The first-order valence-electron chi connectivity index (χ1n) is 7.51. The Labute approximate surface area is 114 Å². The Morgan fingerprint density at radius 1 is 1.17 bits per heavy atom. The van der Waals surface area contributed by atoms with Gasteiger partial charge in [-0.25, -0.2) is 0 Å². The van der Waals surface area contributed by atoms with Crippen molar-refractivity contribution in [3.8, 4) is 0 Å². The summed E-state index contributed by atoms with van der Waals surface area (Å²) in [5.74, 6) is 0. The lowest BCUT2D eigenvalue weighted by atomic mass is 9.97. The molecule has 0 aliphatic carbocycles. The summed E-state index contributed by atoms with van der Waals surface area (Å²) in [6, 6.07) is 1.33. The van der Waals surface area contributed by atoms with Crippen LogP contribution in [0.4, 0.5) is 0 Å². The molecular weight excluding hydrogens is 222 g/mol. The lowest BCUT2D eigenvalue weighted by molar-refractivity contribution is 0.0185. The minimum absolute atomic E-state index is 0.322. The molecule has 1 unspecified atom stereocenters. The molecule has 1 heterocycles. The zero-order chi connectivity index (χ0) is 13.8. The molecule has 1 fully saturated rings. The van der Waals surface area contributed by atoms with Gasteiger partial charge in [-0.05, 0) is 47.2 Å². The topological polar surface area (TPSA) is 18.5 Å². The Hall–Kier alpha value is -0.120. The van der Waals surface area contributed by atoms with Crippen LogP contribution in [0, 0.1) is 0 Å². The minimum Gasteiger partial charge on any atom is -0.315 e. The van der Waals surface area contributed by atoms with E-state index in [9.17, 15) is 0 Å². The Kier molecular flexibility index (Phi) is 6.09. The van der Waals surface area contributed by atoms with E-state index in [4.69, 9.17) is 0 Å². The van der Waals surface area contributed by atoms with Gasteiger partial charge in [0.25, 0.3) is 0 Å². The number of nitrogens with zero attached hydrogens (tertiary/aromatic N) is 2. The van der Waals surface area contributed by atoms with Crippen molar-refractivity contribution in [2.45, 2.75) is 65.1 Å². The standard InChI is InChI=1S/C15H33N3/c1-13(2)16-9-7-8-14(3)18-11-10-17(6)15(4,5)12-18/h13-14,16H,7-12H2,1-6H3. The molecule has 1 aliphatic heterocycles. The first-order chi connectivity index (χ1) is 8.33. The summed E-state index contributed by atoms with van der Waals surface area (Å²) in [4.78, 5) is 5.14. The Bertz CT molecular complexity index is 238. The second kappa shape index (κ2) is 6.88. The van der Waals surface area contributed by atoms with E-state index in [1.54, 1.807) is 0 Å². The molecule has 1 saturated heterocycles. The maximum Gasteiger partial charge on any atom is 0.0277 e. The Morgan fingerprint density at radius 2 is 1.83 bits per heavy atom. The van der Waals surface area contributed by atoms with E-state index in [0.717, 1.165) is 6.54 Å². The summed E-state index contributed by atoms with van der Waals surface area (Å²) in [6.07, 6.45) is 2.59. The number of piperazine rings is 1. The first kappa shape index (κ1) is 15.9. The van der Waals surface area contributed by atoms with Crippen LogP contribution in [0.15, 0.2) is 0 Å². The molecule has 0 spiro atoms. The van der Waals surface area contributed by atoms with Crippen LogP contribution in [0.1, 0.15) is 47.5 Å². The van der Waals surface area contributed by atoms with Crippen molar-refractivity contribution in [3.63, 3.8) is 0 Å². The molecule has 0 amide bonds. The molecule has 0 aromatic carbocycles.